The average molecular weight is 280 g/mol. The van der Waals surface area contributed by atoms with E-state index in [2.05, 4.69) is 15.0 Å². The largest absolute Gasteiger partial charge is 0.495 e. The number of ether oxygens (including phenoxy) is 2. The van der Waals surface area contributed by atoms with E-state index in [0.717, 1.165) is 0 Å². The summed E-state index contributed by atoms with van der Waals surface area (Å²) < 4.78 is 9.31. The molecule has 20 heavy (non-hydrogen) atoms. The molecule has 0 aliphatic heterocycles. The fourth-order valence-corrected chi connectivity index (χ4v) is 1.35. The number of aromatic nitrogens is 1. The fourth-order valence-electron chi connectivity index (χ4n) is 1.35. The van der Waals surface area contributed by atoms with Crippen molar-refractivity contribution in [3.63, 3.8) is 0 Å². The lowest BCUT2D eigenvalue weighted by molar-refractivity contribution is -0.143. The quantitative estimate of drug-likeness (QED) is 0.596. The molecule has 0 aliphatic carbocycles. The number of hydrogen-bond acceptors (Lipinski definition) is 6. The maximum atomic E-state index is 11.8. The van der Waals surface area contributed by atoms with Crippen LogP contribution in [0.15, 0.2) is 18.3 Å². The van der Waals surface area contributed by atoms with Gasteiger partial charge in [0.05, 0.1) is 26.5 Å². The molecule has 1 rings (SSSR count). The van der Waals surface area contributed by atoms with E-state index in [4.69, 9.17) is 4.74 Å². The van der Waals surface area contributed by atoms with Gasteiger partial charge >= 0.3 is 5.97 Å². The molecule has 1 amide bonds. The normalized spacial score (nSPS) is 11.3. The predicted molar refractivity (Wildman–Crippen MR) is 69.4 cm³/mol. The van der Waals surface area contributed by atoms with Gasteiger partial charge in [-0.15, -0.1) is 0 Å². The number of nitrogens with one attached hydrogen (secondary N) is 1. The van der Waals surface area contributed by atoms with Crippen molar-refractivity contribution in [2.24, 2.45) is 0 Å². The first kappa shape index (κ1) is 15.6. The Balaban J connectivity index is 2.60. The van der Waals surface area contributed by atoms with Crippen LogP contribution in [0.4, 0.5) is 0 Å². The number of rotatable bonds is 6. The Morgan fingerprint density at radius 1 is 1.30 bits per heavy atom. The summed E-state index contributed by atoms with van der Waals surface area (Å²) in [5, 5.41) is 2.46. The molecule has 1 aromatic rings. The molecular formula is C13H16N2O5. The number of hydrogen-bond donors (Lipinski definition) is 1. The summed E-state index contributed by atoms with van der Waals surface area (Å²) in [6.45, 7) is 1.49. The molecule has 0 saturated heterocycles. The zero-order chi connectivity index (χ0) is 15.1. The van der Waals surface area contributed by atoms with Crippen LogP contribution < -0.4 is 10.1 Å². The Morgan fingerprint density at radius 2 is 2.00 bits per heavy atom. The number of pyridine rings is 1. The topological polar surface area (TPSA) is 94.6 Å². The second-order valence-electron chi connectivity index (χ2n) is 4.00. The average Bonchev–Trinajstić information content (AvgIpc) is 2.46. The molecule has 0 aliphatic rings. The van der Waals surface area contributed by atoms with Crippen LogP contribution in [0.5, 0.6) is 5.75 Å². The minimum atomic E-state index is -0.800. The summed E-state index contributed by atoms with van der Waals surface area (Å²) >= 11 is 0. The summed E-state index contributed by atoms with van der Waals surface area (Å²) in [5.41, 5.74) is 0.156. The van der Waals surface area contributed by atoms with Crippen molar-refractivity contribution in [3.8, 4) is 5.75 Å². The van der Waals surface area contributed by atoms with E-state index < -0.39 is 23.7 Å². The van der Waals surface area contributed by atoms with Gasteiger partial charge in [0.15, 0.2) is 5.78 Å². The Labute approximate surface area is 116 Å². The van der Waals surface area contributed by atoms with Gasteiger partial charge in [-0.2, -0.15) is 0 Å². The number of nitrogens with zero attached hydrogens (tertiary/aromatic N) is 1. The molecule has 108 valence electrons. The van der Waals surface area contributed by atoms with E-state index >= 15 is 0 Å². The van der Waals surface area contributed by atoms with Crippen LogP contribution in [0.2, 0.25) is 0 Å². The van der Waals surface area contributed by atoms with Crippen LogP contribution in [-0.4, -0.2) is 42.9 Å². The summed E-state index contributed by atoms with van der Waals surface area (Å²) in [6, 6.07) is 2.26. The Hall–Kier alpha value is -2.44. The molecule has 1 atom stereocenters. The summed E-state index contributed by atoms with van der Waals surface area (Å²) in [7, 11) is 2.68. The van der Waals surface area contributed by atoms with Crippen LogP contribution >= 0.6 is 0 Å². The lowest BCUT2D eigenvalue weighted by atomic mass is 10.1. The molecule has 0 radical (unpaired) electrons. The third kappa shape index (κ3) is 4.34. The first-order valence-corrected chi connectivity index (χ1v) is 5.88. The van der Waals surface area contributed by atoms with Crippen molar-refractivity contribution >= 4 is 17.7 Å². The van der Waals surface area contributed by atoms with Gasteiger partial charge in [-0.3, -0.25) is 14.4 Å². The predicted octanol–water partition coefficient (Wildman–Crippen LogP) is 0.341. The molecule has 1 heterocycles. The summed E-state index contributed by atoms with van der Waals surface area (Å²) in [4.78, 5) is 38.3. The van der Waals surface area contributed by atoms with Crippen LogP contribution in [0.3, 0.4) is 0 Å². The van der Waals surface area contributed by atoms with Crippen LogP contribution in [0.25, 0.3) is 0 Å². The molecule has 7 heteroatoms. The Bertz CT molecular complexity index is 498. The van der Waals surface area contributed by atoms with E-state index in [0.29, 0.717) is 5.75 Å². The highest BCUT2D eigenvalue weighted by atomic mass is 16.5. The van der Waals surface area contributed by atoms with E-state index in [1.807, 2.05) is 0 Å². The van der Waals surface area contributed by atoms with Gasteiger partial charge in [-0.25, -0.2) is 4.98 Å². The maximum Gasteiger partial charge on any atom is 0.313 e. The van der Waals surface area contributed by atoms with E-state index in [1.54, 1.807) is 6.07 Å². The van der Waals surface area contributed by atoms with Crippen molar-refractivity contribution in [2.45, 2.75) is 19.4 Å². The minimum Gasteiger partial charge on any atom is -0.495 e. The number of carbonyl (C=O) groups excluding carboxylic acids is 3. The molecule has 1 aromatic heterocycles. The molecule has 0 spiro atoms. The van der Waals surface area contributed by atoms with Crippen molar-refractivity contribution in [3.05, 3.63) is 24.0 Å². The van der Waals surface area contributed by atoms with Gasteiger partial charge in [0.2, 0.25) is 0 Å². The monoisotopic (exact) mass is 280 g/mol. The zero-order valence-electron chi connectivity index (χ0n) is 11.5. The summed E-state index contributed by atoms with van der Waals surface area (Å²) in [6.07, 6.45) is 1.02. The molecule has 0 saturated carbocycles. The van der Waals surface area contributed by atoms with Crippen molar-refractivity contribution in [1.29, 1.82) is 0 Å². The Morgan fingerprint density at radius 3 is 2.50 bits per heavy atom. The van der Waals surface area contributed by atoms with E-state index in [-0.39, 0.29) is 12.1 Å². The van der Waals surface area contributed by atoms with Crippen molar-refractivity contribution in [1.82, 2.24) is 10.3 Å². The zero-order valence-corrected chi connectivity index (χ0v) is 11.5. The highest BCUT2D eigenvalue weighted by Crippen LogP contribution is 2.08. The number of carbonyl (C=O) groups is 3. The number of esters is 1. The van der Waals surface area contributed by atoms with Crippen LogP contribution in [-0.2, 0) is 14.3 Å². The second-order valence-corrected chi connectivity index (χ2v) is 4.00. The van der Waals surface area contributed by atoms with E-state index in [9.17, 15) is 14.4 Å². The molecule has 0 aromatic carbocycles. The second kappa shape index (κ2) is 7.22. The van der Waals surface area contributed by atoms with Crippen molar-refractivity contribution < 1.29 is 23.9 Å². The third-order valence-corrected chi connectivity index (χ3v) is 2.58. The molecule has 0 bridgehead atoms. The van der Waals surface area contributed by atoms with Crippen molar-refractivity contribution in [2.75, 3.05) is 14.2 Å². The lowest BCUT2D eigenvalue weighted by Gasteiger charge is -2.12. The smallest absolute Gasteiger partial charge is 0.313 e. The number of amides is 1. The highest BCUT2D eigenvalue weighted by Gasteiger charge is 2.20. The molecular weight excluding hydrogens is 264 g/mol. The standard InChI is InChI=1S/C13H16N2O5/c1-8(11(16)6-12(17)20-3)15-13(18)10-5-4-9(19-2)7-14-10/h4-5,7-8H,6H2,1-3H3,(H,15,18)/t8-/m1/s1. The van der Waals surface area contributed by atoms with E-state index in [1.165, 1.54) is 33.4 Å². The van der Waals surface area contributed by atoms with Crippen LogP contribution in [0, 0.1) is 0 Å². The SMILES string of the molecule is COC(=O)CC(=O)[C@@H](C)NC(=O)c1ccc(OC)cn1. The number of ketones is 1. The molecule has 0 fully saturated rings. The number of methoxy groups -OCH3 is 2. The first-order chi connectivity index (χ1) is 9.47. The van der Waals surface area contributed by atoms with Crippen LogP contribution in [0.1, 0.15) is 23.8 Å². The lowest BCUT2D eigenvalue weighted by Crippen LogP contribution is -2.39. The number of Topliss-reactive ketones (excluding diaryl/α,β-unsaturated/α-hetero) is 1. The van der Waals surface area contributed by atoms with Gasteiger partial charge in [-0.1, -0.05) is 0 Å². The highest BCUT2D eigenvalue weighted by molar-refractivity contribution is 6.01. The fraction of sp³-hybridized carbons (Fsp3) is 0.385. The maximum absolute atomic E-state index is 11.8. The van der Waals surface area contributed by atoms with Gasteiger partial charge in [0, 0.05) is 0 Å². The van der Waals surface area contributed by atoms with Gasteiger partial charge in [0.1, 0.15) is 17.9 Å². The third-order valence-electron chi connectivity index (χ3n) is 2.58. The first-order valence-electron chi connectivity index (χ1n) is 5.88. The molecule has 1 N–H and O–H groups in total. The van der Waals surface area contributed by atoms with Gasteiger partial charge < -0.3 is 14.8 Å². The summed E-state index contributed by atoms with van der Waals surface area (Å²) in [5.74, 6) is -1.05. The minimum absolute atomic E-state index is 0.156. The van der Waals surface area contributed by atoms with Gasteiger partial charge in [0.25, 0.3) is 5.91 Å². The Kier molecular flexibility index (Phi) is 5.64. The molecule has 7 nitrogen and oxygen atoms in total. The molecule has 0 unspecified atom stereocenters. The van der Waals surface area contributed by atoms with Gasteiger partial charge in [-0.05, 0) is 19.1 Å².